The molecule has 0 aliphatic carbocycles. The molecule has 0 saturated carbocycles. The summed E-state index contributed by atoms with van der Waals surface area (Å²) < 4.78 is 8.93. The van der Waals surface area contributed by atoms with E-state index in [1.54, 1.807) is 18.4 Å². The van der Waals surface area contributed by atoms with Gasteiger partial charge in [-0.05, 0) is 49.5 Å². The van der Waals surface area contributed by atoms with Crippen molar-refractivity contribution in [1.82, 2.24) is 24.3 Å². The summed E-state index contributed by atoms with van der Waals surface area (Å²) in [6.07, 6.45) is 4.49. The summed E-state index contributed by atoms with van der Waals surface area (Å²) >= 11 is 1.68. The summed E-state index contributed by atoms with van der Waals surface area (Å²) in [7, 11) is 1.70. The molecule has 4 heterocycles. The van der Waals surface area contributed by atoms with Gasteiger partial charge in [-0.2, -0.15) is 0 Å². The molecular weight excluding hydrogens is 484 g/mol. The summed E-state index contributed by atoms with van der Waals surface area (Å²) in [6.45, 7) is 14.1. The number of benzene rings is 1. The maximum atomic E-state index is 13.2. The predicted octanol–water partition coefficient (Wildman–Crippen LogP) is 4.88. The molecule has 0 radical (unpaired) electrons. The van der Waals surface area contributed by atoms with Gasteiger partial charge in [0.2, 0.25) is 0 Å². The Kier molecular flexibility index (Phi) is 6.92. The maximum absolute atomic E-state index is 13.2. The van der Waals surface area contributed by atoms with Crippen molar-refractivity contribution in [3.63, 3.8) is 0 Å². The summed E-state index contributed by atoms with van der Waals surface area (Å²) in [5.41, 5.74) is 10.00. The smallest absolute Gasteiger partial charge is 0.250 e. The second-order valence-electron chi connectivity index (χ2n) is 9.66. The van der Waals surface area contributed by atoms with Crippen molar-refractivity contribution in [2.75, 3.05) is 45.6 Å². The minimum absolute atomic E-state index is 0.0344. The fourth-order valence-corrected chi connectivity index (χ4v) is 6.43. The van der Waals surface area contributed by atoms with Crippen LogP contribution in [0.3, 0.4) is 0 Å². The molecule has 9 heteroatoms. The Hall–Kier alpha value is -3.43. The molecule has 1 aromatic carbocycles. The number of carbonyl (C=O) groups excluding carboxylic acids is 1. The number of aromatic nitrogens is 3. The van der Waals surface area contributed by atoms with E-state index in [1.165, 1.54) is 6.33 Å². The van der Waals surface area contributed by atoms with E-state index in [1.807, 2.05) is 4.90 Å². The van der Waals surface area contributed by atoms with E-state index in [-0.39, 0.29) is 11.9 Å². The number of nitrogen functional groups attached to an aromatic ring is 1. The first kappa shape index (κ1) is 25.2. The third-order valence-corrected chi connectivity index (χ3v) is 8.50. The molecule has 1 aliphatic heterocycles. The van der Waals surface area contributed by atoms with Crippen LogP contribution in [0.1, 0.15) is 31.9 Å². The number of ether oxygens (including phenoxy) is 1. The molecule has 4 aromatic rings. The third kappa shape index (κ3) is 4.57. The van der Waals surface area contributed by atoms with Crippen LogP contribution in [0.25, 0.3) is 31.6 Å². The Bertz CT molecular complexity index is 1490. The van der Waals surface area contributed by atoms with Gasteiger partial charge in [0.05, 0.1) is 23.2 Å². The van der Waals surface area contributed by atoms with Crippen molar-refractivity contribution in [3.8, 4) is 16.2 Å². The molecule has 1 fully saturated rings. The minimum atomic E-state index is 0.0344. The van der Waals surface area contributed by atoms with Crippen LogP contribution >= 0.6 is 11.3 Å². The molecule has 3 aromatic heterocycles. The van der Waals surface area contributed by atoms with Crippen LogP contribution < -0.4 is 10.5 Å². The third-order valence-electron chi connectivity index (χ3n) is 7.31. The molecule has 37 heavy (non-hydrogen) atoms. The van der Waals surface area contributed by atoms with E-state index in [9.17, 15) is 4.79 Å². The van der Waals surface area contributed by atoms with Crippen molar-refractivity contribution in [2.45, 2.75) is 33.2 Å². The van der Waals surface area contributed by atoms with Gasteiger partial charge in [0.25, 0.3) is 5.91 Å². The number of aryl methyl sites for hydroxylation is 1. The standard InChI is InChI=1S/C28H34N6O2S/c1-6-32(7-2)13-18(4)28(35)33-9-8-20(14-33)34-15-21(24-26(29)30-16-31-27(24)34)23-12-19-10-17(3)11-22(36-5)25(19)37-23/h10-12,15-16,20H,4,6-9,13-14H2,1-3,5H3,(H2,29,30,31)/t20-/m0/s1. The highest BCUT2D eigenvalue weighted by Crippen LogP contribution is 2.43. The molecule has 0 unspecified atom stereocenters. The number of carbonyl (C=O) groups is 1. The van der Waals surface area contributed by atoms with Crippen LogP contribution in [0.4, 0.5) is 5.82 Å². The lowest BCUT2D eigenvalue weighted by atomic mass is 10.1. The maximum Gasteiger partial charge on any atom is 0.250 e. The molecule has 1 atom stereocenters. The van der Waals surface area contributed by atoms with E-state index in [4.69, 9.17) is 10.5 Å². The van der Waals surface area contributed by atoms with Gasteiger partial charge in [-0.25, -0.2) is 9.97 Å². The summed E-state index contributed by atoms with van der Waals surface area (Å²) in [6, 6.07) is 6.51. The van der Waals surface area contributed by atoms with Gasteiger partial charge in [-0.3, -0.25) is 9.69 Å². The van der Waals surface area contributed by atoms with E-state index in [0.717, 1.165) is 62.4 Å². The van der Waals surface area contributed by atoms with Crippen LogP contribution in [0.5, 0.6) is 5.75 Å². The second kappa shape index (κ2) is 10.1. The molecule has 0 bridgehead atoms. The zero-order chi connectivity index (χ0) is 26.3. The Morgan fingerprint density at radius 3 is 2.78 bits per heavy atom. The van der Waals surface area contributed by atoms with Crippen molar-refractivity contribution in [2.24, 2.45) is 0 Å². The molecule has 2 N–H and O–H groups in total. The molecular formula is C28H34N6O2S. The fourth-order valence-electron chi connectivity index (χ4n) is 5.28. The lowest BCUT2D eigenvalue weighted by Gasteiger charge is -2.23. The highest BCUT2D eigenvalue weighted by Gasteiger charge is 2.31. The first-order chi connectivity index (χ1) is 17.8. The number of hydrogen-bond acceptors (Lipinski definition) is 7. The van der Waals surface area contributed by atoms with Crippen LogP contribution in [0.2, 0.25) is 0 Å². The Labute approximate surface area is 221 Å². The predicted molar refractivity (Wildman–Crippen MR) is 151 cm³/mol. The zero-order valence-corrected chi connectivity index (χ0v) is 22.8. The first-order valence-corrected chi connectivity index (χ1v) is 13.5. The number of likely N-dealkylation sites (N-methyl/N-ethyl adjacent to an activating group) is 1. The van der Waals surface area contributed by atoms with Crippen LogP contribution in [0.15, 0.2) is 42.9 Å². The summed E-state index contributed by atoms with van der Waals surface area (Å²) in [5, 5.41) is 1.98. The summed E-state index contributed by atoms with van der Waals surface area (Å²) in [4.78, 5) is 27.3. The van der Waals surface area contributed by atoms with Gasteiger partial charge in [-0.15, -0.1) is 11.3 Å². The van der Waals surface area contributed by atoms with Gasteiger partial charge in [0.1, 0.15) is 23.5 Å². The van der Waals surface area contributed by atoms with E-state index < -0.39 is 0 Å². The van der Waals surface area contributed by atoms with Gasteiger partial charge >= 0.3 is 0 Å². The summed E-state index contributed by atoms with van der Waals surface area (Å²) in [5.74, 6) is 1.36. The Morgan fingerprint density at radius 2 is 2.05 bits per heavy atom. The van der Waals surface area contributed by atoms with Crippen molar-refractivity contribution in [1.29, 1.82) is 0 Å². The van der Waals surface area contributed by atoms with Gasteiger partial charge in [0.15, 0.2) is 0 Å². The van der Waals surface area contributed by atoms with Gasteiger partial charge < -0.3 is 19.9 Å². The number of hydrogen-bond donors (Lipinski definition) is 1. The number of fused-ring (bicyclic) bond motifs is 2. The minimum Gasteiger partial charge on any atom is -0.495 e. The topological polar surface area (TPSA) is 89.5 Å². The highest BCUT2D eigenvalue weighted by molar-refractivity contribution is 7.22. The number of nitrogens with two attached hydrogens (primary N) is 1. The zero-order valence-electron chi connectivity index (χ0n) is 22.0. The molecule has 1 aliphatic rings. The molecule has 194 valence electrons. The van der Waals surface area contributed by atoms with E-state index in [0.29, 0.717) is 31.0 Å². The number of likely N-dealkylation sites (tertiary alicyclic amines) is 1. The number of rotatable bonds is 8. The normalized spacial score (nSPS) is 15.8. The highest BCUT2D eigenvalue weighted by atomic mass is 32.1. The monoisotopic (exact) mass is 518 g/mol. The molecule has 1 amide bonds. The average Bonchev–Trinajstić information content (AvgIpc) is 3.63. The quantitative estimate of drug-likeness (QED) is 0.334. The van der Waals surface area contributed by atoms with E-state index >= 15 is 0 Å². The largest absolute Gasteiger partial charge is 0.495 e. The number of nitrogens with zero attached hydrogens (tertiary/aromatic N) is 5. The number of amides is 1. The van der Waals surface area contributed by atoms with Gasteiger partial charge in [0, 0.05) is 41.8 Å². The Morgan fingerprint density at radius 1 is 1.27 bits per heavy atom. The fraction of sp³-hybridized carbons (Fsp3) is 0.393. The van der Waals surface area contributed by atoms with Crippen molar-refractivity contribution < 1.29 is 9.53 Å². The molecule has 1 saturated heterocycles. The van der Waals surface area contributed by atoms with E-state index in [2.05, 4.69) is 71.2 Å². The second-order valence-corrected chi connectivity index (χ2v) is 10.7. The number of methoxy groups -OCH3 is 1. The SMILES string of the molecule is C=C(CN(CC)CC)C(=O)N1CC[C@H](n2cc(-c3cc4cc(C)cc(OC)c4s3)c3c(N)ncnc32)C1. The van der Waals surface area contributed by atoms with Crippen LogP contribution in [-0.2, 0) is 4.79 Å². The van der Waals surface area contributed by atoms with Crippen LogP contribution in [-0.4, -0.2) is 70.1 Å². The number of thiophene rings is 1. The number of anilines is 1. The lowest BCUT2D eigenvalue weighted by molar-refractivity contribution is -0.126. The van der Waals surface area contributed by atoms with Crippen molar-refractivity contribution >= 4 is 44.2 Å². The first-order valence-electron chi connectivity index (χ1n) is 12.7. The van der Waals surface area contributed by atoms with Gasteiger partial charge in [-0.1, -0.05) is 26.5 Å². The lowest BCUT2D eigenvalue weighted by Crippen LogP contribution is -2.35. The average molecular weight is 519 g/mol. The van der Waals surface area contributed by atoms with Crippen LogP contribution in [0, 0.1) is 6.92 Å². The molecule has 8 nitrogen and oxygen atoms in total. The molecule has 5 rings (SSSR count). The molecule has 0 spiro atoms. The van der Waals surface area contributed by atoms with Crippen molar-refractivity contribution in [3.05, 3.63) is 48.4 Å². The Balaban J connectivity index is 1.49.